The minimum absolute atomic E-state index is 0.801. The summed E-state index contributed by atoms with van der Waals surface area (Å²) in [4.78, 5) is 2.83. The van der Waals surface area contributed by atoms with Crippen LogP contribution in [-0.2, 0) is 0 Å². The molecule has 2 heteroatoms. The Bertz CT molecular complexity index is 266. The van der Waals surface area contributed by atoms with Crippen LogP contribution in [0.2, 0.25) is 0 Å². The molecule has 0 aromatic rings. The summed E-state index contributed by atoms with van der Waals surface area (Å²) < 4.78 is 0. The summed E-state index contributed by atoms with van der Waals surface area (Å²) in [7, 11) is 0. The third-order valence-corrected chi connectivity index (χ3v) is 5.53. The van der Waals surface area contributed by atoms with Crippen molar-refractivity contribution in [1.82, 2.24) is 10.2 Å². The van der Waals surface area contributed by atoms with Crippen LogP contribution in [0.1, 0.15) is 71.1 Å². The standard InChI is InChI=1S/C17H32N2/c1-2-4-14-6-10-17(11-7-14)19-12-3-5-16(13-19)18-15-8-9-15/h14-18H,2-13H2,1H3. The van der Waals surface area contributed by atoms with Crippen LogP contribution in [0.15, 0.2) is 0 Å². The fourth-order valence-corrected chi connectivity index (χ4v) is 4.26. The first-order valence-corrected chi connectivity index (χ1v) is 8.85. The number of hydrogen-bond acceptors (Lipinski definition) is 2. The summed E-state index contributed by atoms with van der Waals surface area (Å²) >= 11 is 0. The summed E-state index contributed by atoms with van der Waals surface area (Å²) in [6.07, 6.45) is 14.5. The Labute approximate surface area is 119 Å². The van der Waals surface area contributed by atoms with E-state index in [9.17, 15) is 0 Å². The van der Waals surface area contributed by atoms with Gasteiger partial charge < -0.3 is 5.32 Å². The molecule has 19 heavy (non-hydrogen) atoms. The van der Waals surface area contributed by atoms with E-state index in [1.54, 1.807) is 0 Å². The van der Waals surface area contributed by atoms with Gasteiger partial charge in [0.15, 0.2) is 0 Å². The molecule has 1 aliphatic heterocycles. The molecule has 0 amide bonds. The minimum atomic E-state index is 0.801. The highest BCUT2D eigenvalue weighted by Crippen LogP contribution is 2.32. The van der Waals surface area contributed by atoms with Gasteiger partial charge in [0.2, 0.25) is 0 Å². The number of piperidine rings is 1. The number of nitrogens with one attached hydrogen (secondary N) is 1. The molecule has 3 fully saturated rings. The fourth-order valence-electron chi connectivity index (χ4n) is 4.26. The summed E-state index contributed by atoms with van der Waals surface area (Å²) in [5.74, 6) is 1.05. The van der Waals surface area contributed by atoms with E-state index in [0.717, 1.165) is 24.0 Å². The maximum atomic E-state index is 3.85. The maximum absolute atomic E-state index is 3.85. The van der Waals surface area contributed by atoms with Gasteiger partial charge in [-0.05, 0) is 63.8 Å². The molecule has 1 heterocycles. The zero-order chi connectivity index (χ0) is 13.1. The smallest absolute Gasteiger partial charge is 0.0198 e. The van der Waals surface area contributed by atoms with Crippen LogP contribution < -0.4 is 5.32 Å². The third kappa shape index (κ3) is 3.95. The first-order chi connectivity index (χ1) is 9.35. The van der Waals surface area contributed by atoms with Gasteiger partial charge in [-0.3, -0.25) is 4.90 Å². The van der Waals surface area contributed by atoms with E-state index in [0.29, 0.717) is 0 Å². The average molecular weight is 264 g/mol. The van der Waals surface area contributed by atoms with Gasteiger partial charge in [0, 0.05) is 24.7 Å². The van der Waals surface area contributed by atoms with E-state index >= 15 is 0 Å². The van der Waals surface area contributed by atoms with Crippen LogP contribution in [-0.4, -0.2) is 36.1 Å². The van der Waals surface area contributed by atoms with Crippen molar-refractivity contribution in [2.75, 3.05) is 13.1 Å². The molecule has 1 saturated heterocycles. The Balaban J connectivity index is 1.43. The van der Waals surface area contributed by atoms with E-state index in [4.69, 9.17) is 0 Å². The van der Waals surface area contributed by atoms with E-state index in [1.165, 1.54) is 77.3 Å². The monoisotopic (exact) mass is 264 g/mol. The van der Waals surface area contributed by atoms with Crippen LogP contribution in [0.5, 0.6) is 0 Å². The van der Waals surface area contributed by atoms with Gasteiger partial charge in [-0.2, -0.15) is 0 Å². The van der Waals surface area contributed by atoms with Gasteiger partial charge in [-0.15, -0.1) is 0 Å². The molecule has 2 nitrogen and oxygen atoms in total. The Morgan fingerprint density at radius 2 is 1.74 bits per heavy atom. The Hall–Kier alpha value is -0.0800. The van der Waals surface area contributed by atoms with Gasteiger partial charge in [-0.25, -0.2) is 0 Å². The lowest BCUT2D eigenvalue weighted by atomic mass is 9.82. The van der Waals surface area contributed by atoms with E-state index < -0.39 is 0 Å². The van der Waals surface area contributed by atoms with Crippen molar-refractivity contribution in [3.63, 3.8) is 0 Å². The van der Waals surface area contributed by atoms with E-state index in [1.807, 2.05) is 0 Å². The zero-order valence-electron chi connectivity index (χ0n) is 12.7. The quantitative estimate of drug-likeness (QED) is 0.817. The Morgan fingerprint density at radius 1 is 0.947 bits per heavy atom. The SMILES string of the molecule is CCCC1CCC(N2CCCC(NC3CC3)C2)CC1. The second kappa shape index (κ2) is 6.58. The lowest BCUT2D eigenvalue weighted by molar-refractivity contribution is 0.0954. The van der Waals surface area contributed by atoms with Crippen molar-refractivity contribution < 1.29 is 0 Å². The number of hydrogen-bond donors (Lipinski definition) is 1. The lowest BCUT2D eigenvalue weighted by Gasteiger charge is -2.41. The molecule has 0 radical (unpaired) electrons. The Morgan fingerprint density at radius 3 is 2.42 bits per heavy atom. The van der Waals surface area contributed by atoms with Crippen LogP contribution in [0, 0.1) is 5.92 Å². The number of rotatable bonds is 5. The molecule has 2 aliphatic carbocycles. The maximum Gasteiger partial charge on any atom is 0.0198 e. The summed E-state index contributed by atoms with van der Waals surface area (Å²) in [6, 6.07) is 2.59. The van der Waals surface area contributed by atoms with E-state index in [2.05, 4.69) is 17.1 Å². The highest BCUT2D eigenvalue weighted by atomic mass is 15.2. The van der Waals surface area contributed by atoms with Crippen molar-refractivity contribution in [2.24, 2.45) is 5.92 Å². The fraction of sp³-hybridized carbons (Fsp3) is 1.00. The second-order valence-corrected chi connectivity index (χ2v) is 7.24. The predicted molar refractivity (Wildman–Crippen MR) is 81.4 cm³/mol. The third-order valence-electron chi connectivity index (χ3n) is 5.53. The molecular weight excluding hydrogens is 232 g/mol. The molecule has 0 aromatic heterocycles. The molecule has 1 atom stereocenters. The van der Waals surface area contributed by atoms with E-state index in [-0.39, 0.29) is 0 Å². The molecule has 0 spiro atoms. The van der Waals surface area contributed by atoms with Gasteiger partial charge >= 0.3 is 0 Å². The molecule has 0 bridgehead atoms. The minimum Gasteiger partial charge on any atom is -0.310 e. The largest absolute Gasteiger partial charge is 0.310 e. The van der Waals surface area contributed by atoms with Crippen molar-refractivity contribution in [3.05, 3.63) is 0 Å². The normalized spacial score (nSPS) is 37.4. The van der Waals surface area contributed by atoms with Crippen LogP contribution in [0.4, 0.5) is 0 Å². The zero-order valence-corrected chi connectivity index (χ0v) is 12.7. The summed E-state index contributed by atoms with van der Waals surface area (Å²) in [6.45, 7) is 5.04. The first kappa shape index (κ1) is 13.9. The molecule has 1 unspecified atom stereocenters. The molecule has 3 aliphatic rings. The molecular formula is C17H32N2. The van der Waals surface area contributed by atoms with Gasteiger partial charge in [0.1, 0.15) is 0 Å². The molecule has 110 valence electrons. The summed E-state index contributed by atoms with van der Waals surface area (Å²) in [5, 5.41) is 3.85. The van der Waals surface area contributed by atoms with Crippen molar-refractivity contribution >= 4 is 0 Å². The molecule has 0 aromatic carbocycles. The topological polar surface area (TPSA) is 15.3 Å². The highest BCUT2D eigenvalue weighted by molar-refractivity contribution is 4.90. The van der Waals surface area contributed by atoms with Crippen molar-refractivity contribution in [3.8, 4) is 0 Å². The van der Waals surface area contributed by atoms with Crippen LogP contribution in [0.25, 0.3) is 0 Å². The molecule has 3 rings (SSSR count). The van der Waals surface area contributed by atoms with Gasteiger partial charge in [0.25, 0.3) is 0 Å². The predicted octanol–water partition coefficient (Wildman–Crippen LogP) is 3.56. The lowest BCUT2D eigenvalue weighted by Crippen LogP contribution is -2.50. The second-order valence-electron chi connectivity index (χ2n) is 7.24. The number of likely N-dealkylation sites (tertiary alicyclic amines) is 1. The van der Waals surface area contributed by atoms with Crippen LogP contribution >= 0.6 is 0 Å². The molecule has 2 saturated carbocycles. The van der Waals surface area contributed by atoms with Gasteiger partial charge in [0.05, 0.1) is 0 Å². The Kier molecular flexibility index (Phi) is 4.81. The van der Waals surface area contributed by atoms with Crippen molar-refractivity contribution in [1.29, 1.82) is 0 Å². The first-order valence-electron chi connectivity index (χ1n) is 8.85. The van der Waals surface area contributed by atoms with Crippen molar-refractivity contribution in [2.45, 2.75) is 89.3 Å². The molecule has 1 N–H and O–H groups in total. The number of nitrogens with zero attached hydrogens (tertiary/aromatic N) is 1. The average Bonchev–Trinajstić information content (AvgIpc) is 3.24. The van der Waals surface area contributed by atoms with Crippen LogP contribution in [0.3, 0.4) is 0 Å². The van der Waals surface area contributed by atoms with Gasteiger partial charge in [-0.1, -0.05) is 19.8 Å². The summed E-state index contributed by atoms with van der Waals surface area (Å²) in [5.41, 5.74) is 0. The highest BCUT2D eigenvalue weighted by Gasteiger charge is 2.31.